The van der Waals surface area contributed by atoms with Gasteiger partial charge in [0.05, 0.1) is 18.1 Å². The highest BCUT2D eigenvalue weighted by atomic mass is 16.6. The van der Waals surface area contributed by atoms with Crippen LogP contribution in [0.3, 0.4) is 0 Å². The maximum Gasteiger partial charge on any atom is 0.303 e. The number of carbonyl (C=O) groups excluding carboxylic acids is 5. The molecule has 3 saturated carbocycles. The molecule has 12 heteroatoms. The molecule has 222 valence electrons. The number of hydrogen-bond donors (Lipinski definition) is 2. The van der Waals surface area contributed by atoms with E-state index in [1.807, 2.05) is 0 Å². The van der Waals surface area contributed by atoms with E-state index in [0.29, 0.717) is 0 Å². The zero-order valence-corrected chi connectivity index (χ0v) is 23.8. The summed E-state index contributed by atoms with van der Waals surface area (Å²) in [6.07, 6.45) is -7.28. The van der Waals surface area contributed by atoms with Gasteiger partial charge < -0.3 is 33.9 Å². The van der Waals surface area contributed by atoms with Crippen molar-refractivity contribution in [1.82, 2.24) is 0 Å². The van der Waals surface area contributed by atoms with Crippen LogP contribution in [0.1, 0.15) is 61.3 Å². The number of ketones is 1. The molecule has 4 rings (SSSR count). The molecule has 1 aliphatic heterocycles. The molecule has 0 spiro atoms. The van der Waals surface area contributed by atoms with Crippen molar-refractivity contribution in [3.8, 4) is 0 Å². The molecule has 0 radical (unpaired) electrons. The average molecular weight is 567 g/mol. The Morgan fingerprint density at radius 2 is 1.43 bits per heavy atom. The Morgan fingerprint density at radius 3 is 1.95 bits per heavy atom. The standard InChI is InChI=1S/C28H38O12/c1-12-18(33)10-20(37-13(2)29)26(7)21(12)22(38-14(3)30)17-9-19(34)27(8)28(35,25(17,6)11-36-27)24(40-16(5)32)23(26)39-15(4)31/h17-18,20-24,33,35H,1,9-11H2,2-8H3/t17-,18-,20-,21-,22+,23-,24-,25+,26+,27-,28-/m0/s1. The maximum atomic E-state index is 13.8. The molecule has 1 saturated heterocycles. The molecule has 0 unspecified atom stereocenters. The smallest absolute Gasteiger partial charge is 0.303 e. The third kappa shape index (κ3) is 3.93. The van der Waals surface area contributed by atoms with Gasteiger partial charge >= 0.3 is 23.9 Å². The van der Waals surface area contributed by atoms with Crippen LogP contribution in [0.4, 0.5) is 0 Å². The van der Waals surface area contributed by atoms with Crippen molar-refractivity contribution in [3.05, 3.63) is 12.2 Å². The van der Waals surface area contributed by atoms with E-state index in [9.17, 15) is 34.2 Å². The van der Waals surface area contributed by atoms with Crippen LogP contribution in [0, 0.1) is 22.7 Å². The fourth-order valence-corrected chi connectivity index (χ4v) is 7.97. The topological polar surface area (TPSA) is 172 Å². The highest BCUT2D eigenvalue weighted by molar-refractivity contribution is 5.91. The minimum Gasteiger partial charge on any atom is -0.462 e. The van der Waals surface area contributed by atoms with Crippen molar-refractivity contribution < 1.29 is 57.9 Å². The Labute approximate surface area is 232 Å². The van der Waals surface area contributed by atoms with Crippen LogP contribution in [0.2, 0.25) is 0 Å². The minimum absolute atomic E-state index is 0.171. The van der Waals surface area contributed by atoms with Gasteiger partial charge in [-0.3, -0.25) is 24.0 Å². The molecule has 4 fully saturated rings. The summed E-state index contributed by atoms with van der Waals surface area (Å²) in [5.41, 5.74) is -6.99. The normalized spacial score (nSPS) is 45.9. The minimum atomic E-state index is -2.30. The van der Waals surface area contributed by atoms with E-state index >= 15 is 0 Å². The van der Waals surface area contributed by atoms with E-state index < -0.39 is 94.0 Å². The second kappa shape index (κ2) is 9.63. The van der Waals surface area contributed by atoms with Gasteiger partial charge in [0.25, 0.3) is 0 Å². The first-order chi connectivity index (χ1) is 18.4. The summed E-state index contributed by atoms with van der Waals surface area (Å²) < 4.78 is 29.3. The summed E-state index contributed by atoms with van der Waals surface area (Å²) in [6, 6.07) is 0. The van der Waals surface area contributed by atoms with Gasteiger partial charge in [-0.15, -0.1) is 0 Å². The fourth-order valence-electron chi connectivity index (χ4n) is 7.97. The number of ether oxygens (including phenoxy) is 5. The second-order valence-electron chi connectivity index (χ2n) is 12.1. The Hall–Kier alpha value is -2.83. The first kappa shape index (κ1) is 30.1. The lowest BCUT2D eigenvalue weighted by Crippen LogP contribution is -2.80. The lowest BCUT2D eigenvalue weighted by atomic mass is 9.44. The zero-order chi connectivity index (χ0) is 30.2. The van der Waals surface area contributed by atoms with E-state index in [1.54, 1.807) is 13.8 Å². The lowest BCUT2D eigenvalue weighted by Gasteiger charge is -2.64. The van der Waals surface area contributed by atoms with Crippen molar-refractivity contribution in [1.29, 1.82) is 0 Å². The fraction of sp³-hybridized carbons (Fsp3) is 0.750. The summed E-state index contributed by atoms with van der Waals surface area (Å²) in [6.45, 7) is 13.1. The summed E-state index contributed by atoms with van der Waals surface area (Å²) in [5.74, 6) is -5.63. The summed E-state index contributed by atoms with van der Waals surface area (Å²) in [5, 5.41) is 23.9. The Morgan fingerprint density at radius 1 is 0.900 bits per heavy atom. The molecular formula is C28H38O12. The third-order valence-electron chi connectivity index (χ3n) is 9.86. The van der Waals surface area contributed by atoms with Gasteiger partial charge in [0.1, 0.15) is 17.8 Å². The van der Waals surface area contributed by atoms with Gasteiger partial charge in [0, 0.05) is 57.8 Å². The molecule has 3 aliphatic carbocycles. The number of esters is 4. The largest absolute Gasteiger partial charge is 0.462 e. The molecule has 0 amide bonds. The Balaban J connectivity index is 2.15. The van der Waals surface area contributed by atoms with Crippen LogP contribution in [0.25, 0.3) is 0 Å². The van der Waals surface area contributed by atoms with Crippen molar-refractivity contribution in [2.45, 2.75) is 103 Å². The summed E-state index contributed by atoms with van der Waals surface area (Å²) in [4.78, 5) is 63.9. The van der Waals surface area contributed by atoms with Crippen LogP contribution in [0.15, 0.2) is 12.2 Å². The predicted molar refractivity (Wildman–Crippen MR) is 134 cm³/mol. The first-order valence-electron chi connectivity index (χ1n) is 13.3. The van der Waals surface area contributed by atoms with Crippen LogP contribution in [0.5, 0.6) is 0 Å². The number of rotatable bonds is 4. The van der Waals surface area contributed by atoms with E-state index in [1.165, 1.54) is 20.8 Å². The average Bonchev–Trinajstić information content (AvgIpc) is 2.96. The summed E-state index contributed by atoms with van der Waals surface area (Å²) >= 11 is 0. The molecule has 1 heterocycles. The van der Waals surface area contributed by atoms with Gasteiger partial charge in [-0.2, -0.15) is 0 Å². The van der Waals surface area contributed by atoms with Crippen LogP contribution < -0.4 is 0 Å². The van der Waals surface area contributed by atoms with Crippen molar-refractivity contribution >= 4 is 29.7 Å². The number of Topliss-reactive ketones (excluding diaryl/α,β-unsaturated/α-hetero) is 1. The molecule has 40 heavy (non-hydrogen) atoms. The van der Waals surface area contributed by atoms with Gasteiger partial charge in [-0.25, -0.2) is 0 Å². The molecule has 0 aromatic heterocycles. The van der Waals surface area contributed by atoms with Crippen molar-refractivity contribution in [3.63, 3.8) is 0 Å². The van der Waals surface area contributed by atoms with Gasteiger partial charge in [0.15, 0.2) is 23.6 Å². The highest BCUT2D eigenvalue weighted by Crippen LogP contribution is 2.67. The van der Waals surface area contributed by atoms with E-state index in [4.69, 9.17) is 23.7 Å². The predicted octanol–water partition coefficient (Wildman–Crippen LogP) is 0.785. The number of carbonyl (C=O) groups is 5. The van der Waals surface area contributed by atoms with Crippen LogP contribution >= 0.6 is 0 Å². The van der Waals surface area contributed by atoms with E-state index in [2.05, 4.69) is 6.58 Å². The Bertz CT molecular complexity index is 1160. The maximum absolute atomic E-state index is 13.8. The van der Waals surface area contributed by atoms with Gasteiger partial charge in [-0.05, 0) is 12.5 Å². The number of fused-ring (bicyclic) bond motifs is 1. The number of aliphatic hydroxyl groups excluding tert-OH is 1. The summed E-state index contributed by atoms with van der Waals surface area (Å²) in [7, 11) is 0. The van der Waals surface area contributed by atoms with Crippen molar-refractivity contribution in [2.75, 3.05) is 6.61 Å². The molecule has 11 atom stereocenters. The van der Waals surface area contributed by atoms with E-state index in [0.717, 1.165) is 13.8 Å². The van der Waals surface area contributed by atoms with Crippen LogP contribution in [-0.2, 0) is 47.7 Å². The Kier molecular flexibility index (Phi) is 7.25. The molecule has 2 N–H and O–H groups in total. The lowest BCUT2D eigenvalue weighted by molar-refractivity contribution is -0.295. The second-order valence-corrected chi connectivity index (χ2v) is 12.1. The quantitative estimate of drug-likeness (QED) is 0.279. The third-order valence-corrected chi connectivity index (χ3v) is 9.86. The zero-order valence-electron chi connectivity index (χ0n) is 23.8. The highest BCUT2D eigenvalue weighted by Gasteiger charge is 2.82. The molecule has 0 aromatic rings. The van der Waals surface area contributed by atoms with E-state index in [-0.39, 0.29) is 25.0 Å². The molecule has 4 aliphatic rings. The first-order valence-corrected chi connectivity index (χ1v) is 13.3. The SMILES string of the molecule is C=C1[C@@H](O)C[C@H](OC(C)=O)[C@@]2(C)[C@@H](OC(C)=O)[C@H](OC(C)=O)[C@@]3(O)[C@@]4(C)OC[C@]3(C)[C@@H](CC4=O)[C@@H](OC(C)=O)[C@H]12. The molecule has 0 aromatic carbocycles. The molecule has 12 nitrogen and oxygen atoms in total. The molecule has 4 bridgehead atoms. The van der Waals surface area contributed by atoms with Crippen molar-refractivity contribution in [2.24, 2.45) is 22.7 Å². The number of aliphatic hydroxyl groups is 2. The van der Waals surface area contributed by atoms with Gasteiger partial charge in [-0.1, -0.05) is 20.4 Å². The molecular weight excluding hydrogens is 528 g/mol. The van der Waals surface area contributed by atoms with Crippen LogP contribution in [-0.4, -0.2) is 88.2 Å². The number of hydrogen-bond acceptors (Lipinski definition) is 12. The monoisotopic (exact) mass is 566 g/mol. The van der Waals surface area contributed by atoms with Gasteiger partial charge in [0.2, 0.25) is 0 Å².